The Balaban J connectivity index is 1.91. The van der Waals surface area contributed by atoms with Crippen molar-refractivity contribution in [2.45, 2.75) is 50.9 Å². The van der Waals surface area contributed by atoms with Crippen LogP contribution in [0.2, 0.25) is 19.6 Å². The SMILES string of the molecule is COC(=O)[C@H]1C2CC3CC[C@@]1(O[Si](C)(C)C)[C@H]2C3. The molecule has 0 N–H and O–H groups in total. The summed E-state index contributed by atoms with van der Waals surface area (Å²) in [4.78, 5) is 12.1. The molecule has 2 unspecified atom stereocenters. The van der Waals surface area contributed by atoms with Gasteiger partial charge in [0.15, 0.2) is 8.32 Å². The minimum atomic E-state index is -1.63. The van der Waals surface area contributed by atoms with Gasteiger partial charge in [0.25, 0.3) is 0 Å². The fraction of sp³-hybridized carbons (Fsp3) is 0.929. The van der Waals surface area contributed by atoms with Crippen molar-refractivity contribution in [3.05, 3.63) is 0 Å². The maximum atomic E-state index is 12.1. The highest BCUT2D eigenvalue weighted by atomic mass is 28.4. The Morgan fingerprint density at radius 3 is 2.61 bits per heavy atom. The standard InChI is InChI=1S/C14H24O3Si/c1-16-13(15)12-10-7-9-5-6-14(12,11(10)8-9)17-18(2,3)4/h9-12H,5-8H2,1-4H3/t9?,10?,11-,12+,14+/m0/s1. The molecule has 102 valence electrons. The molecule has 0 aromatic heterocycles. The zero-order valence-electron chi connectivity index (χ0n) is 11.9. The average molecular weight is 268 g/mol. The predicted molar refractivity (Wildman–Crippen MR) is 71.6 cm³/mol. The lowest BCUT2D eigenvalue weighted by molar-refractivity contribution is -0.204. The molecule has 3 aliphatic carbocycles. The number of fused-ring (bicyclic) bond motifs is 1. The summed E-state index contributed by atoms with van der Waals surface area (Å²) < 4.78 is 11.6. The van der Waals surface area contributed by atoms with Crippen LogP contribution in [-0.2, 0) is 14.0 Å². The van der Waals surface area contributed by atoms with Crippen molar-refractivity contribution in [2.75, 3.05) is 7.11 Å². The molecule has 3 aliphatic rings. The van der Waals surface area contributed by atoms with Gasteiger partial charge in [0, 0.05) is 0 Å². The Labute approximate surface area is 110 Å². The van der Waals surface area contributed by atoms with Crippen LogP contribution in [0.4, 0.5) is 0 Å². The van der Waals surface area contributed by atoms with E-state index in [1.54, 1.807) is 0 Å². The van der Waals surface area contributed by atoms with Crippen molar-refractivity contribution in [1.82, 2.24) is 0 Å². The molecule has 0 spiro atoms. The summed E-state index contributed by atoms with van der Waals surface area (Å²) in [5, 5.41) is 0. The number of ether oxygens (including phenoxy) is 1. The fourth-order valence-corrected chi connectivity index (χ4v) is 6.37. The predicted octanol–water partition coefficient (Wildman–Crippen LogP) is 2.82. The lowest BCUT2D eigenvalue weighted by Crippen LogP contribution is -2.67. The molecule has 18 heavy (non-hydrogen) atoms. The van der Waals surface area contributed by atoms with E-state index >= 15 is 0 Å². The summed E-state index contributed by atoms with van der Waals surface area (Å²) in [6, 6.07) is 0. The first-order chi connectivity index (χ1) is 8.37. The van der Waals surface area contributed by atoms with Crippen LogP contribution in [0, 0.1) is 23.7 Å². The molecule has 4 heteroatoms. The van der Waals surface area contributed by atoms with E-state index in [1.165, 1.54) is 26.4 Å². The number of methoxy groups -OCH3 is 1. The van der Waals surface area contributed by atoms with Gasteiger partial charge in [-0.15, -0.1) is 0 Å². The minimum absolute atomic E-state index is 0.0201. The first-order valence-corrected chi connectivity index (χ1v) is 10.6. The summed E-state index contributed by atoms with van der Waals surface area (Å²) in [5.74, 6) is 2.00. The lowest BCUT2D eigenvalue weighted by Gasteiger charge is -2.60. The lowest BCUT2D eigenvalue weighted by atomic mass is 9.53. The third-order valence-corrected chi connectivity index (χ3v) is 6.18. The highest BCUT2D eigenvalue weighted by Gasteiger charge is 2.71. The van der Waals surface area contributed by atoms with Crippen LogP contribution in [0.3, 0.4) is 0 Å². The van der Waals surface area contributed by atoms with Gasteiger partial charge in [0.05, 0.1) is 18.6 Å². The second-order valence-electron chi connectivity index (χ2n) is 7.32. The van der Waals surface area contributed by atoms with E-state index in [0.29, 0.717) is 11.8 Å². The van der Waals surface area contributed by atoms with Crippen molar-refractivity contribution in [1.29, 1.82) is 0 Å². The highest BCUT2D eigenvalue weighted by molar-refractivity contribution is 6.69. The summed E-state index contributed by atoms with van der Waals surface area (Å²) in [5.41, 5.74) is -0.158. The van der Waals surface area contributed by atoms with Gasteiger partial charge in [0.1, 0.15) is 0 Å². The van der Waals surface area contributed by atoms with Gasteiger partial charge in [-0.25, -0.2) is 0 Å². The van der Waals surface area contributed by atoms with Crippen molar-refractivity contribution in [3.8, 4) is 0 Å². The number of rotatable bonds is 3. The molecule has 0 saturated heterocycles. The molecular formula is C14H24O3Si. The summed E-state index contributed by atoms with van der Waals surface area (Å²) in [6.07, 6.45) is 4.82. The van der Waals surface area contributed by atoms with E-state index in [-0.39, 0.29) is 17.5 Å². The Kier molecular flexibility index (Phi) is 2.69. The van der Waals surface area contributed by atoms with Crippen molar-refractivity contribution < 1.29 is 14.0 Å². The van der Waals surface area contributed by atoms with E-state index in [9.17, 15) is 4.79 Å². The molecule has 3 nitrogen and oxygen atoms in total. The molecule has 0 aliphatic heterocycles. The zero-order valence-corrected chi connectivity index (χ0v) is 12.9. The molecule has 3 rings (SSSR count). The number of carbonyl (C=O) groups is 1. The van der Waals surface area contributed by atoms with Crippen molar-refractivity contribution in [2.24, 2.45) is 23.7 Å². The summed E-state index contributed by atoms with van der Waals surface area (Å²) >= 11 is 0. The minimum Gasteiger partial charge on any atom is -0.469 e. The van der Waals surface area contributed by atoms with Crippen molar-refractivity contribution in [3.63, 3.8) is 0 Å². The van der Waals surface area contributed by atoms with E-state index in [0.717, 1.165) is 12.3 Å². The van der Waals surface area contributed by atoms with Gasteiger partial charge in [-0.3, -0.25) is 4.79 Å². The fourth-order valence-electron chi connectivity index (χ4n) is 4.85. The molecule has 3 saturated carbocycles. The quantitative estimate of drug-likeness (QED) is 0.583. The van der Waals surface area contributed by atoms with Crippen LogP contribution in [0.15, 0.2) is 0 Å². The molecule has 0 amide bonds. The van der Waals surface area contributed by atoms with E-state index in [4.69, 9.17) is 9.16 Å². The van der Waals surface area contributed by atoms with Crippen LogP contribution < -0.4 is 0 Å². The maximum Gasteiger partial charge on any atom is 0.311 e. The van der Waals surface area contributed by atoms with E-state index in [1.807, 2.05) is 0 Å². The maximum absolute atomic E-state index is 12.1. The molecule has 2 bridgehead atoms. The van der Waals surface area contributed by atoms with Crippen molar-refractivity contribution >= 4 is 14.3 Å². The highest BCUT2D eigenvalue weighted by Crippen LogP contribution is 2.67. The Hall–Kier alpha value is -0.353. The topological polar surface area (TPSA) is 35.5 Å². The molecule has 5 atom stereocenters. The average Bonchev–Trinajstić information content (AvgIpc) is 2.47. The Morgan fingerprint density at radius 2 is 2.00 bits per heavy atom. The first kappa shape index (κ1) is 12.7. The van der Waals surface area contributed by atoms with Crippen LogP contribution in [0.5, 0.6) is 0 Å². The number of hydrogen-bond acceptors (Lipinski definition) is 3. The molecule has 0 aromatic carbocycles. The Morgan fingerprint density at radius 1 is 1.28 bits per heavy atom. The largest absolute Gasteiger partial charge is 0.469 e. The van der Waals surface area contributed by atoms with Gasteiger partial charge >= 0.3 is 5.97 Å². The third kappa shape index (κ3) is 1.61. The number of hydrogen-bond donors (Lipinski definition) is 0. The summed E-state index contributed by atoms with van der Waals surface area (Å²) in [7, 11) is -0.114. The Bertz CT molecular complexity index is 376. The third-order valence-electron chi connectivity index (χ3n) is 5.19. The van der Waals surface area contributed by atoms with E-state index in [2.05, 4.69) is 19.6 Å². The first-order valence-electron chi connectivity index (χ1n) is 7.15. The van der Waals surface area contributed by atoms with Crippen LogP contribution in [0.25, 0.3) is 0 Å². The van der Waals surface area contributed by atoms with Crippen LogP contribution in [-0.4, -0.2) is 27.0 Å². The van der Waals surface area contributed by atoms with Gasteiger partial charge in [0.2, 0.25) is 0 Å². The molecule has 0 radical (unpaired) electrons. The smallest absolute Gasteiger partial charge is 0.311 e. The number of esters is 1. The second-order valence-corrected chi connectivity index (χ2v) is 11.7. The monoisotopic (exact) mass is 268 g/mol. The van der Waals surface area contributed by atoms with Crippen LogP contribution >= 0.6 is 0 Å². The summed E-state index contributed by atoms with van der Waals surface area (Å²) in [6.45, 7) is 6.68. The number of carbonyl (C=O) groups excluding carboxylic acids is 1. The zero-order chi connectivity index (χ0) is 13.1. The van der Waals surface area contributed by atoms with Gasteiger partial charge in [-0.2, -0.15) is 0 Å². The van der Waals surface area contributed by atoms with Gasteiger partial charge < -0.3 is 9.16 Å². The molecule has 3 fully saturated rings. The molecule has 0 aromatic rings. The van der Waals surface area contributed by atoms with Crippen LogP contribution in [0.1, 0.15) is 25.7 Å². The van der Waals surface area contributed by atoms with Gasteiger partial charge in [-0.05, 0) is 63.1 Å². The van der Waals surface area contributed by atoms with Gasteiger partial charge in [-0.1, -0.05) is 0 Å². The second kappa shape index (κ2) is 3.82. The molecular weight excluding hydrogens is 244 g/mol. The molecule has 0 heterocycles. The van der Waals surface area contributed by atoms with E-state index < -0.39 is 8.32 Å². The normalized spacial score (nSPS) is 45.6.